The molecule has 0 aliphatic carbocycles. The summed E-state index contributed by atoms with van der Waals surface area (Å²) in [5, 5.41) is 0. The minimum atomic E-state index is -1.37. The van der Waals surface area contributed by atoms with Crippen LogP contribution in [-0.2, 0) is 23.8 Å². The zero-order valence-corrected chi connectivity index (χ0v) is 11.8. The number of rotatable bonds is 5. The van der Waals surface area contributed by atoms with Gasteiger partial charge in [0.2, 0.25) is 4.32 Å². The van der Waals surface area contributed by atoms with E-state index >= 15 is 0 Å². The number of esters is 2. The van der Waals surface area contributed by atoms with Gasteiger partial charge in [0.15, 0.2) is 0 Å². The number of halogens is 1. The van der Waals surface area contributed by atoms with Gasteiger partial charge >= 0.3 is 11.9 Å². The third kappa shape index (κ3) is 3.42. The Labute approximate surface area is 109 Å². The van der Waals surface area contributed by atoms with Gasteiger partial charge in [-0.3, -0.25) is 0 Å². The van der Waals surface area contributed by atoms with Crippen LogP contribution in [0.25, 0.3) is 0 Å². The number of carbonyl (C=O) groups is 2. The first-order chi connectivity index (χ1) is 7.90. The predicted octanol–water partition coefficient (Wildman–Crippen LogP) is 1.42. The Morgan fingerprint density at radius 3 is 2.82 bits per heavy atom. The molecule has 0 N–H and O–H groups in total. The zero-order valence-electron chi connectivity index (χ0n) is 10.2. The van der Waals surface area contributed by atoms with Crippen molar-refractivity contribution in [2.45, 2.75) is 43.7 Å². The second kappa shape index (κ2) is 5.82. The van der Waals surface area contributed by atoms with Crippen molar-refractivity contribution >= 4 is 27.9 Å². The summed E-state index contributed by atoms with van der Waals surface area (Å²) in [4.78, 5) is 23.3. The van der Waals surface area contributed by atoms with E-state index in [1.165, 1.54) is 0 Å². The largest absolute Gasteiger partial charge is 0.465 e. The van der Waals surface area contributed by atoms with Crippen LogP contribution < -0.4 is 0 Å². The van der Waals surface area contributed by atoms with Crippen LogP contribution in [0.5, 0.6) is 0 Å². The molecule has 0 amide bonds. The van der Waals surface area contributed by atoms with Crippen molar-refractivity contribution in [3.63, 3.8) is 0 Å². The molecule has 1 rings (SSSR count). The average molecular weight is 309 g/mol. The number of ether oxygens (including phenoxy) is 3. The third-order valence-corrected chi connectivity index (χ3v) is 3.29. The lowest BCUT2D eigenvalue weighted by atomic mass is 10.1. The molecule has 0 bridgehead atoms. The van der Waals surface area contributed by atoms with E-state index in [9.17, 15) is 9.59 Å². The maximum atomic E-state index is 11.7. The highest BCUT2D eigenvalue weighted by Crippen LogP contribution is 2.35. The molecule has 0 spiro atoms. The molecule has 2 unspecified atom stereocenters. The molecule has 0 aromatic heterocycles. The molecule has 1 heterocycles. The van der Waals surface area contributed by atoms with Crippen molar-refractivity contribution in [3.05, 3.63) is 0 Å². The van der Waals surface area contributed by atoms with Crippen LogP contribution in [0.1, 0.15) is 27.2 Å². The van der Waals surface area contributed by atoms with Gasteiger partial charge in [-0.15, -0.1) is 0 Å². The quantitative estimate of drug-likeness (QED) is 0.437. The molecule has 2 atom stereocenters. The standard InChI is InChI=1S/C11H17BrO5/c1-4-15-9(13)11(12)5-8(17-10(11)14)6-16-7(2)3/h7-8H,4-6H2,1-3H3. The van der Waals surface area contributed by atoms with Crippen LogP contribution in [-0.4, -0.2) is 41.7 Å². The molecule has 1 saturated heterocycles. The summed E-state index contributed by atoms with van der Waals surface area (Å²) in [5.74, 6) is -1.20. The molecular weight excluding hydrogens is 292 g/mol. The van der Waals surface area contributed by atoms with E-state index in [4.69, 9.17) is 14.2 Å². The molecule has 0 aromatic carbocycles. The predicted molar refractivity (Wildman–Crippen MR) is 63.9 cm³/mol. The van der Waals surface area contributed by atoms with Crippen molar-refractivity contribution in [2.75, 3.05) is 13.2 Å². The lowest BCUT2D eigenvalue weighted by Gasteiger charge is -2.14. The van der Waals surface area contributed by atoms with Gasteiger partial charge in [0, 0.05) is 6.42 Å². The first-order valence-corrected chi connectivity index (χ1v) is 6.38. The lowest BCUT2D eigenvalue weighted by molar-refractivity contribution is -0.154. The molecule has 0 aromatic rings. The van der Waals surface area contributed by atoms with Gasteiger partial charge in [-0.25, -0.2) is 9.59 Å². The molecule has 0 saturated carbocycles. The zero-order chi connectivity index (χ0) is 13.1. The smallest absolute Gasteiger partial charge is 0.334 e. The van der Waals surface area contributed by atoms with Gasteiger partial charge in [-0.2, -0.15) is 0 Å². The van der Waals surface area contributed by atoms with Crippen LogP contribution in [0.15, 0.2) is 0 Å². The summed E-state index contributed by atoms with van der Waals surface area (Å²) >= 11 is 3.12. The fourth-order valence-electron chi connectivity index (χ4n) is 1.49. The van der Waals surface area contributed by atoms with Crippen LogP contribution in [0, 0.1) is 0 Å². The molecule has 0 radical (unpaired) electrons. The second-order valence-corrected chi connectivity index (χ2v) is 5.49. The van der Waals surface area contributed by atoms with Gasteiger partial charge in [0.1, 0.15) is 6.10 Å². The Bertz CT molecular complexity index is 304. The van der Waals surface area contributed by atoms with Crippen LogP contribution in [0.3, 0.4) is 0 Å². The van der Waals surface area contributed by atoms with Crippen molar-refractivity contribution in [1.29, 1.82) is 0 Å². The number of hydrogen-bond acceptors (Lipinski definition) is 5. The third-order valence-electron chi connectivity index (χ3n) is 2.32. The fraction of sp³-hybridized carbons (Fsp3) is 0.818. The van der Waals surface area contributed by atoms with Crippen LogP contribution in [0.2, 0.25) is 0 Å². The van der Waals surface area contributed by atoms with E-state index in [1.54, 1.807) is 6.92 Å². The number of alkyl halides is 1. The molecule has 1 aliphatic rings. The minimum absolute atomic E-state index is 0.0571. The Morgan fingerprint density at radius 1 is 1.65 bits per heavy atom. The summed E-state index contributed by atoms with van der Waals surface area (Å²) in [7, 11) is 0. The van der Waals surface area contributed by atoms with E-state index < -0.39 is 22.4 Å². The molecule has 17 heavy (non-hydrogen) atoms. The monoisotopic (exact) mass is 308 g/mol. The maximum Gasteiger partial charge on any atom is 0.334 e. The molecule has 1 aliphatic heterocycles. The Balaban J connectivity index is 2.59. The van der Waals surface area contributed by atoms with Crippen molar-refractivity contribution in [1.82, 2.24) is 0 Å². The first kappa shape index (κ1) is 14.4. The highest BCUT2D eigenvalue weighted by Gasteiger charge is 2.54. The second-order valence-electron chi connectivity index (χ2n) is 4.14. The van der Waals surface area contributed by atoms with E-state index in [2.05, 4.69) is 15.9 Å². The van der Waals surface area contributed by atoms with E-state index in [0.29, 0.717) is 0 Å². The topological polar surface area (TPSA) is 61.8 Å². The van der Waals surface area contributed by atoms with E-state index in [0.717, 1.165) is 0 Å². The Kier molecular flexibility index (Phi) is 4.94. The van der Waals surface area contributed by atoms with Gasteiger partial charge in [-0.1, -0.05) is 15.9 Å². The normalized spacial score (nSPS) is 28.3. The van der Waals surface area contributed by atoms with Crippen molar-refractivity contribution in [2.24, 2.45) is 0 Å². The molecule has 5 nitrogen and oxygen atoms in total. The minimum Gasteiger partial charge on any atom is -0.465 e. The Hall–Kier alpha value is -0.620. The summed E-state index contributed by atoms with van der Waals surface area (Å²) in [6.07, 6.45) is -0.118. The maximum absolute atomic E-state index is 11.7. The molecular formula is C11H17BrO5. The van der Waals surface area contributed by atoms with Crippen molar-refractivity contribution in [3.8, 4) is 0 Å². The lowest BCUT2D eigenvalue weighted by Crippen LogP contribution is -2.38. The van der Waals surface area contributed by atoms with Gasteiger partial charge in [-0.05, 0) is 20.8 Å². The van der Waals surface area contributed by atoms with E-state index in [-0.39, 0.29) is 25.7 Å². The number of hydrogen-bond donors (Lipinski definition) is 0. The molecule has 6 heteroatoms. The first-order valence-electron chi connectivity index (χ1n) is 5.59. The Morgan fingerprint density at radius 2 is 2.29 bits per heavy atom. The molecule has 98 valence electrons. The summed E-state index contributed by atoms with van der Waals surface area (Å²) < 4.78 is 13.9. The molecule has 1 fully saturated rings. The van der Waals surface area contributed by atoms with Gasteiger partial charge in [0.05, 0.1) is 19.3 Å². The average Bonchev–Trinajstić information content (AvgIpc) is 2.54. The highest BCUT2D eigenvalue weighted by atomic mass is 79.9. The number of cyclic esters (lactones) is 1. The summed E-state index contributed by atoms with van der Waals surface area (Å²) in [6, 6.07) is 0. The highest BCUT2D eigenvalue weighted by molar-refractivity contribution is 9.10. The summed E-state index contributed by atoms with van der Waals surface area (Å²) in [6.45, 7) is 5.99. The SMILES string of the molecule is CCOC(=O)C1(Br)CC(COC(C)C)OC1=O. The van der Waals surface area contributed by atoms with Gasteiger partial charge in [0.25, 0.3) is 0 Å². The van der Waals surface area contributed by atoms with Crippen molar-refractivity contribution < 1.29 is 23.8 Å². The fourth-order valence-corrected chi connectivity index (χ4v) is 2.06. The van der Waals surface area contributed by atoms with E-state index in [1.807, 2.05) is 13.8 Å². The van der Waals surface area contributed by atoms with Gasteiger partial charge < -0.3 is 14.2 Å². The summed E-state index contributed by atoms with van der Waals surface area (Å²) in [5.41, 5.74) is 0. The van der Waals surface area contributed by atoms with Crippen LogP contribution >= 0.6 is 15.9 Å². The number of carbonyl (C=O) groups excluding carboxylic acids is 2. The van der Waals surface area contributed by atoms with Crippen LogP contribution in [0.4, 0.5) is 0 Å².